The Morgan fingerprint density at radius 2 is 1.81 bits per heavy atom. The van der Waals surface area contributed by atoms with Crippen molar-refractivity contribution in [2.24, 2.45) is 5.73 Å². The molecule has 0 spiro atoms. The lowest BCUT2D eigenvalue weighted by Crippen LogP contribution is -2.19. The third-order valence-electron chi connectivity index (χ3n) is 5.82. The number of amides is 2. The Hall–Kier alpha value is -4.47. The monoisotopic (exact) mass is 481 g/mol. The van der Waals surface area contributed by atoms with Crippen molar-refractivity contribution in [1.29, 1.82) is 0 Å². The van der Waals surface area contributed by atoms with Crippen LogP contribution in [0.4, 0.5) is 16.2 Å². The molecule has 9 nitrogen and oxygen atoms in total. The second-order valence-electron chi connectivity index (χ2n) is 8.69. The first-order chi connectivity index (χ1) is 17.5. The Kier molecular flexibility index (Phi) is 6.48. The van der Waals surface area contributed by atoms with Gasteiger partial charge in [0, 0.05) is 35.1 Å². The number of carbonyl (C=O) groups is 1. The number of aromatic amines is 1. The van der Waals surface area contributed by atoms with Gasteiger partial charge in [-0.25, -0.2) is 4.79 Å². The van der Waals surface area contributed by atoms with Gasteiger partial charge in [-0.15, -0.1) is 0 Å². The normalized spacial score (nSPS) is 12.0. The minimum absolute atomic E-state index is 0.319. The standard InChI is InChI=1S/C27H27N7O2/c1-17(35)15-34-16-21(14-29-34)26-24-10-7-20(12-25(24)32-33-26)19-5-8-22(9-6-19)30-27(36)31-23-4-2-3-18(11-23)13-28/h2-12,14,16-17,35H,13,15,28H2,1H3,(H,32,33)(H2,30,31,36)/t17-/m1/s1. The molecular formula is C27H27N7O2. The molecule has 0 saturated carbocycles. The van der Waals surface area contributed by atoms with Gasteiger partial charge in [-0.05, 0) is 60.0 Å². The number of rotatable bonds is 7. The second-order valence-corrected chi connectivity index (χ2v) is 8.69. The first-order valence-electron chi connectivity index (χ1n) is 11.6. The van der Waals surface area contributed by atoms with E-state index in [9.17, 15) is 9.90 Å². The summed E-state index contributed by atoms with van der Waals surface area (Å²) in [6.07, 6.45) is 3.16. The average Bonchev–Trinajstić information content (AvgIpc) is 3.50. The maximum absolute atomic E-state index is 12.4. The number of nitrogens with one attached hydrogen (secondary N) is 3. The summed E-state index contributed by atoms with van der Waals surface area (Å²) in [7, 11) is 0. The van der Waals surface area contributed by atoms with Gasteiger partial charge in [0.1, 0.15) is 5.69 Å². The van der Waals surface area contributed by atoms with E-state index < -0.39 is 6.10 Å². The fourth-order valence-corrected chi connectivity index (χ4v) is 4.09. The van der Waals surface area contributed by atoms with Gasteiger partial charge in [0.15, 0.2) is 0 Å². The molecule has 0 fully saturated rings. The van der Waals surface area contributed by atoms with Crippen LogP contribution < -0.4 is 16.4 Å². The molecule has 6 N–H and O–H groups in total. The summed E-state index contributed by atoms with van der Waals surface area (Å²) >= 11 is 0. The number of fused-ring (bicyclic) bond motifs is 1. The van der Waals surface area contributed by atoms with Gasteiger partial charge in [0.2, 0.25) is 0 Å². The number of hydrogen-bond donors (Lipinski definition) is 5. The summed E-state index contributed by atoms with van der Waals surface area (Å²) in [5.41, 5.74) is 12.6. The van der Waals surface area contributed by atoms with Crippen LogP contribution in [0, 0.1) is 0 Å². The van der Waals surface area contributed by atoms with E-state index in [1.807, 2.05) is 72.9 Å². The van der Waals surface area contributed by atoms with Crippen molar-refractivity contribution in [3.63, 3.8) is 0 Å². The van der Waals surface area contributed by atoms with E-state index in [4.69, 9.17) is 5.73 Å². The number of carbonyl (C=O) groups excluding carboxylic acids is 1. The molecule has 0 radical (unpaired) electrons. The molecule has 0 aliphatic heterocycles. The number of anilines is 2. The number of hydrogen-bond acceptors (Lipinski definition) is 5. The smallest absolute Gasteiger partial charge is 0.323 e. The third-order valence-corrected chi connectivity index (χ3v) is 5.82. The maximum Gasteiger partial charge on any atom is 0.323 e. The number of nitrogens with zero attached hydrogens (tertiary/aromatic N) is 3. The number of aliphatic hydroxyl groups excluding tert-OH is 1. The van der Waals surface area contributed by atoms with E-state index in [0.717, 1.165) is 38.9 Å². The minimum Gasteiger partial charge on any atom is -0.391 e. The molecular weight excluding hydrogens is 454 g/mol. The number of aliphatic hydroxyl groups is 1. The molecule has 182 valence electrons. The lowest BCUT2D eigenvalue weighted by atomic mass is 10.0. The second kappa shape index (κ2) is 10.0. The molecule has 0 saturated heterocycles. The Bertz CT molecular complexity index is 1500. The lowest BCUT2D eigenvalue weighted by Gasteiger charge is -2.09. The van der Waals surface area contributed by atoms with E-state index >= 15 is 0 Å². The van der Waals surface area contributed by atoms with Crippen LogP contribution in [0.5, 0.6) is 0 Å². The number of nitrogens with two attached hydrogens (primary N) is 1. The van der Waals surface area contributed by atoms with Crippen molar-refractivity contribution in [1.82, 2.24) is 20.0 Å². The fourth-order valence-electron chi connectivity index (χ4n) is 4.09. The number of benzene rings is 3. The van der Waals surface area contributed by atoms with Gasteiger partial charge >= 0.3 is 6.03 Å². The zero-order valence-corrected chi connectivity index (χ0v) is 19.8. The van der Waals surface area contributed by atoms with Crippen LogP contribution in [0.1, 0.15) is 12.5 Å². The van der Waals surface area contributed by atoms with E-state index in [-0.39, 0.29) is 6.03 Å². The zero-order valence-electron chi connectivity index (χ0n) is 19.8. The summed E-state index contributed by atoms with van der Waals surface area (Å²) in [6, 6.07) is 20.9. The molecule has 0 aliphatic carbocycles. The molecule has 1 atom stereocenters. The highest BCUT2D eigenvalue weighted by atomic mass is 16.3. The van der Waals surface area contributed by atoms with E-state index in [2.05, 4.69) is 25.9 Å². The number of urea groups is 1. The van der Waals surface area contributed by atoms with E-state index in [1.165, 1.54) is 0 Å². The Morgan fingerprint density at radius 1 is 1.03 bits per heavy atom. The number of H-pyrrole nitrogens is 1. The highest BCUT2D eigenvalue weighted by Crippen LogP contribution is 2.30. The van der Waals surface area contributed by atoms with Crippen molar-refractivity contribution in [3.05, 3.63) is 84.7 Å². The molecule has 5 aromatic rings. The van der Waals surface area contributed by atoms with Crippen LogP contribution in [-0.2, 0) is 13.1 Å². The molecule has 36 heavy (non-hydrogen) atoms. The Balaban J connectivity index is 1.28. The molecule has 2 amide bonds. The molecule has 2 heterocycles. The molecule has 0 bridgehead atoms. The van der Waals surface area contributed by atoms with Crippen LogP contribution in [0.3, 0.4) is 0 Å². The maximum atomic E-state index is 12.4. The van der Waals surface area contributed by atoms with Crippen LogP contribution in [0.25, 0.3) is 33.3 Å². The van der Waals surface area contributed by atoms with Crippen LogP contribution in [-0.4, -0.2) is 37.2 Å². The molecule has 3 aromatic carbocycles. The summed E-state index contributed by atoms with van der Waals surface area (Å²) in [5, 5.41) is 28.1. The van der Waals surface area contributed by atoms with Crippen molar-refractivity contribution in [2.75, 3.05) is 10.6 Å². The molecule has 5 rings (SSSR count). The van der Waals surface area contributed by atoms with E-state index in [1.54, 1.807) is 17.8 Å². The predicted molar refractivity (Wildman–Crippen MR) is 141 cm³/mol. The molecule has 0 unspecified atom stereocenters. The fraction of sp³-hybridized carbons (Fsp3) is 0.148. The van der Waals surface area contributed by atoms with Gasteiger partial charge in [0.25, 0.3) is 0 Å². The average molecular weight is 482 g/mol. The quantitative estimate of drug-likeness (QED) is 0.232. The molecule has 9 heteroatoms. The minimum atomic E-state index is -0.472. The summed E-state index contributed by atoms with van der Waals surface area (Å²) in [4.78, 5) is 12.4. The highest BCUT2D eigenvalue weighted by Gasteiger charge is 2.12. The summed E-state index contributed by atoms with van der Waals surface area (Å²) < 4.78 is 1.71. The van der Waals surface area contributed by atoms with Crippen molar-refractivity contribution in [2.45, 2.75) is 26.1 Å². The highest BCUT2D eigenvalue weighted by molar-refractivity contribution is 6.00. The van der Waals surface area contributed by atoms with Crippen LogP contribution in [0.2, 0.25) is 0 Å². The third kappa shape index (κ3) is 5.12. The summed E-state index contributed by atoms with van der Waals surface area (Å²) in [6.45, 7) is 2.58. The lowest BCUT2D eigenvalue weighted by molar-refractivity contribution is 0.168. The van der Waals surface area contributed by atoms with E-state index in [0.29, 0.717) is 24.5 Å². The number of aromatic nitrogens is 4. The topological polar surface area (TPSA) is 134 Å². The van der Waals surface area contributed by atoms with Crippen molar-refractivity contribution >= 4 is 28.3 Å². The first kappa shape index (κ1) is 23.3. The van der Waals surface area contributed by atoms with Crippen LogP contribution >= 0.6 is 0 Å². The Morgan fingerprint density at radius 3 is 2.58 bits per heavy atom. The molecule has 2 aromatic heterocycles. The van der Waals surface area contributed by atoms with Gasteiger partial charge in [-0.1, -0.05) is 30.3 Å². The van der Waals surface area contributed by atoms with Gasteiger partial charge in [-0.3, -0.25) is 9.78 Å². The Labute approximate surface area is 208 Å². The summed E-state index contributed by atoms with van der Waals surface area (Å²) in [5.74, 6) is 0. The SMILES string of the molecule is C[C@@H](O)Cn1cc(-c2n[nH]c3cc(-c4ccc(NC(=O)Nc5cccc(CN)c5)cc4)ccc23)cn1. The predicted octanol–water partition coefficient (Wildman–Crippen LogP) is 4.58. The van der Waals surface area contributed by atoms with Gasteiger partial charge in [-0.2, -0.15) is 10.2 Å². The van der Waals surface area contributed by atoms with Crippen molar-refractivity contribution < 1.29 is 9.90 Å². The first-order valence-corrected chi connectivity index (χ1v) is 11.6. The largest absolute Gasteiger partial charge is 0.391 e. The van der Waals surface area contributed by atoms with Gasteiger partial charge < -0.3 is 21.5 Å². The molecule has 0 aliphatic rings. The van der Waals surface area contributed by atoms with Crippen molar-refractivity contribution in [3.8, 4) is 22.4 Å². The zero-order chi connectivity index (χ0) is 25.1. The van der Waals surface area contributed by atoms with Gasteiger partial charge in [0.05, 0.1) is 24.4 Å². The van der Waals surface area contributed by atoms with Crippen LogP contribution in [0.15, 0.2) is 79.1 Å².